The maximum absolute atomic E-state index is 11.9. The van der Waals surface area contributed by atoms with E-state index in [1.165, 1.54) is 6.42 Å². The average Bonchev–Trinajstić information content (AvgIpc) is 2.75. The largest absolute Gasteiger partial charge is 0.481 e. The average molecular weight is 283 g/mol. The predicted octanol–water partition coefficient (Wildman–Crippen LogP) is 1.02. The first-order valence-corrected chi connectivity index (χ1v) is 7.37. The summed E-state index contributed by atoms with van der Waals surface area (Å²) in [4.78, 5) is 25.0. The molecule has 0 heterocycles. The lowest BCUT2D eigenvalue weighted by Crippen LogP contribution is -2.58. The number of nitrogens with one attached hydrogen (secondary N) is 2. The Morgan fingerprint density at radius 1 is 1.30 bits per heavy atom. The zero-order chi connectivity index (χ0) is 14.8. The summed E-state index contributed by atoms with van der Waals surface area (Å²) in [5, 5.41) is 14.8. The number of carboxylic acid groups (broad SMARTS) is 1. The molecule has 2 amide bonds. The third-order valence-corrected chi connectivity index (χ3v) is 4.93. The molecule has 0 saturated heterocycles. The normalized spacial score (nSPS) is 27.9. The second-order valence-corrected chi connectivity index (χ2v) is 6.34. The minimum atomic E-state index is -0.754. The molecule has 2 aliphatic carbocycles. The van der Waals surface area contributed by atoms with Crippen LogP contribution < -0.4 is 10.6 Å². The van der Waals surface area contributed by atoms with Crippen molar-refractivity contribution in [3.05, 3.63) is 0 Å². The van der Waals surface area contributed by atoms with Crippen LogP contribution in [0.25, 0.3) is 0 Å². The Kier molecular flexibility index (Phi) is 4.52. The van der Waals surface area contributed by atoms with Crippen LogP contribution in [0.5, 0.6) is 0 Å². The van der Waals surface area contributed by atoms with Crippen molar-refractivity contribution in [2.24, 2.45) is 5.92 Å². The van der Waals surface area contributed by atoms with Crippen molar-refractivity contribution in [2.45, 2.75) is 50.1 Å². The first-order chi connectivity index (χ1) is 9.43. The van der Waals surface area contributed by atoms with E-state index in [9.17, 15) is 9.59 Å². The molecule has 0 aromatic carbocycles. The summed E-state index contributed by atoms with van der Waals surface area (Å²) in [6.45, 7) is 0.654. The number of hydrogen-bond acceptors (Lipinski definition) is 3. The van der Waals surface area contributed by atoms with E-state index in [4.69, 9.17) is 5.11 Å². The molecular formula is C14H25N3O3. The van der Waals surface area contributed by atoms with E-state index >= 15 is 0 Å². The minimum Gasteiger partial charge on any atom is -0.481 e. The maximum atomic E-state index is 11.9. The van der Waals surface area contributed by atoms with Crippen molar-refractivity contribution >= 4 is 12.0 Å². The van der Waals surface area contributed by atoms with Crippen molar-refractivity contribution in [3.8, 4) is 0 Å². The van der Waals surface area contributed by atoms with Gasteiger partial charge in [0.1, 0.15) is 0 Å². The Morgan fingerprint density at radius 2 is 2.00 bits per heavy atom. The second kappa shape index (κ2) is 5.99. The summed E-state index contributed by atoms with van der Waals surface area (Å²) < 4.78 is 0. The standard InChI is InChI=1S/C14H25N3O3/c1-17(2)14(6-3-7-14)9-15-13(20)16-11-5-4-10(8-11)12(18)19/h10-11H,3-9H2,1-2H3,(H,18,19)(H2,15,16,20)/t10-,11+/m1/s1. The van der Waals surface area contributed by atoms with Crippen LogP contribution >= 0.6 is 0 Å². The van der Waals surface area contributed by atoms with Gasteiger partial charge < -0.3 is 20.6 Å². The molecule has 114 valence electrons. The molecule has 0 aromatic heterocycles. The number of rotatable bonds is 5. The lowest BCUT2D eigenvalue weighted by molar-refractivity contribution is -0.141. The number of likely N-dealkylation sites (N-methyl/N-ethyl adjacent to an activating group) is 1. The van der Waals surface area contributed by atoms with Gasteiger partial charge in [0, 0.05) is 18.1 Å². The van der Waals surface area contributed by atoms with Crippen LogP contribution in [-0.2, 0) is 4.79 Å². The molecule has 0 radical (unpaired) electrons. The second-order valence-electron chi connectivity index (χ2n) is 6.34. The van der Waals surface area contributed by atoms with Gasteiger partial charge >= 0.3 is 12.0 Å². The van der Waals surface area contributed by atoms with E-state index in [1.807, 2.05) is 14.1 Å². The Balaban J connectivity index is 1.72. The number of hydrogen-bond donors (Lipinski definition) is 3. The van der Waals surface area contributed by atoms with E-state index < -0.39 is 5.97 Å². The van der Waals surface area contributed by atoms with Crippen molar-refractivity contribution < 1.29 is 14.7 Å². The van der Waals surface area contributed by atoms with Crippen molar-refractivity contribution in [1.29, 1.82) is 0 Å². The van der Waals surface area contributed by atoms with Crippen LogP contribution in [0.3, 0.4) is 0 Å². The lowest BCUT2D eigenvalue weighted by Gasteiger charge is -2.47. The fraction of sp³-hybridized carbons (Fsp3) is 0.857. The number of urea groups is 1. The van der Waals surface area contributed by atoms with Gasteiger partial charge in [-0.2, -0.15) is 0 Å². The van der Waals surface area contributed by atoms with E-state index in [0.29, 0.717) is 19.4 Å². The lowest BCUT2D eigenvalue weighted by atomic mass is 9.75. The molecule has 0 unspecified atom stereocenters. The smallest absolute Gasteiger partial charge is 0.315 e. The molecule has 0 spiro atoms. The van der Waals surface area contributed by atoms with Crippen LogP contribution in [-0.4, -0.2) is 54.2 Å². The molecule has 3 N–H and O–H groups in total. The van der Waals surface area contributed by atoms with E-state index in [2.05, 4.69) is 15.5 Å². The molecule has 2 fully saturated rings. The van der Waals surface area contributed by atoms with Gasteiger partial charge in [-0.25, -0.2) is 4.79 Å². The van der Waals surface area contributed by atoms with Gasteiger partial charge in [-0.15, -0.1) is 0 Å². The zero-order valence-electron chi connectivity index (χ0n) is 12.3. The fourth-order valence-corrected chi connectivity index (χ4v) is 3.19. The highest BCUT2D eigenvalue weighted by Crippen LogP contribution is 2.35. The number of aliphatic carboxylic acids is 1. The first kappa shape index (κ1) is 15.1. The quantitative estimate of drug-likeness (QED) is 0.703. The summed E-state index contributed by atoms with van der Waals surface area (Å²) >= 11 is 0. The molecule has 6 nitrogen and oxygen atoms in total. The van der Waals surface area contributed by atoms with Gasteiger partial charge in [0.15, 0.2) is 0 Å². The topological polar surface area (TPSA) is 81.7 Å². The van der Waals surface area contributed by atoms with Crippen LogP contribution in [0.1, 0.15) is 38.5 Å². The highest BCUT2D eigenvalue weighted by atomic mass is 16.4. The van der Waals surface area contributed by atoms with Crippen LogP contribution in [0.15, 0.2) is 0 Å². The molecule has 2 saturated carbocycles. The molecule has 0 aromatic rings. The highest BCUT2D eigenvalue weighted by Gasteiger charge is 2.39. The molecular weight excluding hydrogens is 258 g/mol. The number of amides is 2. The molecule has 2 aliphatic rings. The number of carbonyl (C=O) groups is 2. The number of nitrogens with zero attached hydrogens (tertiary/aromatic N) is 1. The van der Waals surface area contributed by atoms with Gasteiger partial charge in [0.05, 0.1) is 5.92 Å². The van der Waals surface area contributed by atoms with Gasteiger partial charge in [-0.05, 0) is 52.6 Å². The highest BCUT2D eigenvalue weighted by molar-refractivity contribution is 5.75. The van der Waals surface area contributed by atoms with E-state index in [0.717, 1.165) is 19.3 Å². The predicted molar refractivity (Wildman–Crippen MR) is 75.6 cm³/mol. The summed E-state index contributed by atoms with van der Waals surface area (Å²) in [6, 6.07) is -0.179. The number of carbonyl (C=O) groups excluding carboxylic acids is 1. The first-order valence-electron chi connectivity index (χ1n) is 7.37. The van der Waals surface area contributed by atoms with Crippen LogP contribution in [0, 0.1) is 5.92 Å². The van der Waals surface area contributed by atoms with Crippen LogP contribution in [0.4, 0.5) is 4.79 Å². The Morgan fingerprint density at radius 3 is 2.45 bits per heavy atom. The molecule has 6 heteroatoms. The van der Waals surface area contributed by atoms with Crippen molar-refractivity contribution in [2.75, 3.05) is 20.6 Å². The maximum Gasteiger partial charge on any atom is 0.315 e. The minimum absolute atomic E-state index is 0.00667. The molecule has 20 heavy (non-hydrogen) atoms. The summed E-state index contributed by atoms with van der Waals surface area (Å²) in [5.41, 5.74) is 0.108. The Hall–Kier alpha value is -1.30. The monoisotopic (exact) mass is 283 g/mol. The SMILES string of the molecule is CN(C)C1(CNC(=O)N[C@H]2CC[C@@H](C(=O)O)C2)CCC1. The van der Waals surface area contributed by atoms with Gasteiger partial charge in [-0.3, -0.25) is 4.79 Å². The third-order valence-electron chi connectivity index (χ3n) is 4.93. The summed E-state index contributed by atoms with van der Waals surface area (Å²) in [5.74, 6) is -1.06. The molecule has 2 rings (SSSR count). The Labute approximate surface area is 119 Å². The molecule has 2 atom stereocenters. The van der Waals surface area contributed by atoms with Gasteiger partial charge in [0.2, 0.25) is 0 Å². The van der Waals surface area contributed by atoms with Crippen molar-refractivity contribution in [1.82, 2.24) is 15.5 Å². The number of carboxylic acids is 1. The molecule has 0 bridgehead atoms. The third kappa shape index (κ3) is 3.23. The van der Waals surface area contributed by atoms with E-state index in [1.54, 1.807) is 0 Å². The molecule has 0 aliphatic heterocycles. The van der Waals surface area contributed by atoms with Crippen LogP contribution in [0.2, 0.25) is 0 Å². The van der Waals surface area contributed by atoms with Gasteiger partial charge in [-0.1, -0.05) is 0 Å². The summed E-state index contributed by atoms with van der Waals surface area (Å²) in [6.07, 6.45) is 5.40. The Bertz CT molecular complexity index is 380. The van der Waals surface area contributed by atoms with Crippen molar-refractivity contribution in [3.63, 3.8) is 0 Å². The van der Waals surface area contributed by atoms with Gasteiger partial charge in [0.25, 0.3) is 0 Å². The summed E-state index contributed by atoms with van der Waals surface area (Å²) in [7, 11) is 4.10. The fourth-order valence-electron chi connectivity index (χ4n) is 3.19. The van der Waals surface area contributed by atoms with E-state index in [-0.39, 0.29) is 23.5 Å². The zero-order valence-corrected chi connectivity index (χ0v) is 12.3.